The molecular formula is C20H17OSi. The van der Waals surface area contributed by atoms with Crippen LogP contribution in [0.25, 0.3) is 12.2 Å². The van der Waals surface area contributed by atoms with Gasteiger partial charge in [-0.15, -0.1) is 0 Å². The average Bonchev–Trinajstić information content (AvgIpc) is 3.17. The maximum Gasteiger partial charge on any atom is 0.246 e. The van der Waals surface area contributed by atoms with Gasteiger partial charge in [-0.05, 0) is 22.3 Å². The van der Waals surface area contributed by atoms with E-state index < -0.39 is 0 Å². The standard InChI is InChI=1S/C20H17OSi/c22-21-13-20(18-11-9-14-5-1-3-7-16(14)18)19-12-10-15-6-2-4-8-17(15)19/h1-12,18-20H,13H2. The van der Waals surface area contributed by atoms with Crippen molar-refractivity contribution in [1.29, 1.82) is 0 Å². The van der Waals surface area contributed by atoms with Crippen molar-refractivity contribution < 1.29 is 4.43 Å². The van der Waals surface area contributed by atoms with E-state index in [1.165, 1.54) is 22.3 Å². The van der Waals surface area contributed by atoms with Crippen molar-refractivity contribution in [3.05, 3.63) is 82.9 Å². The van der Waals surface area contributed by atoms with E-state index in [2.05, 4.69) is 83.3 Å². The number of benzene rings is 2. The maximum atomic E-state index is 5.40. The zero-order valence-electron chi connectivity index (χ0n) is 12.3. The predicted octanol–water partition coefficient (Wildman–Crippen LogP) is 4.32. The van der Waals surface area contributed by atoms with E-state index in [0.29, 0.717) is 24.4 Å². The third kappa shape index (κ3) is 2.19. The number of fused-ring (bicyclic) bond motifs is 2. The average molecular weight is 301 g/mol. The van der Waals surface area contributed by atoms with Crippen molar-refractivity contribution in [3.8, 4) is 0 Å². The molecule has 2 aliphatic carbocycles. The minimum atomic E-state index is 0.386. The molecule has 2 unspecified atom stereocenters. The summed E-state index contributed by atoms with van der Waals surface area (Å²) in [4.78, 5) is 0. The Morgan fingerprint density at radius 1 is 0.818 bits per heavy atom. The molecule has 0 saturated heterocycles. The second kappa shape index (κ2) is 5.71. The van der Waals surface area contributed by atoms with Crippen molar-refractivity contribution in [2.45, 2.75) is 11.8 Å². The van der Waals surface area contributed by atoms with Crippen molar-refractivity contribution in [2.75, 3.05) is 6.61 Å². The molecule has 2 aliphatic rings. The van der Waals surface area contributed by atoms with Crippen LogP contribution in [-0.4, -0.2) is 17.1 Å². The van der Waals surface area contributed by atoms with Crippen molar-refractivity contribution >= 4 is 22.6 Å². The van der Waals surface area contributed by atoms with E-state index >= 15 is 0 Å². The summed E-state index contributed by atoms with van der Waals surface area (Å²) in [6, 6.07) is 17.3. The summed E-state index contributed by atoms with van der Waals surface area (Å²) >= 11 is 0. The Kier molecular flexibility index (Phi) is 3.57. The highest BCUT2D eigenvalue weighted by Gasteiger charge is 2.34. The highest BCUT2D eigenvalue weighted by atomic mass is 28.2. The van der Waals surface area contributed by atoms with Crippen LogP contribution in [0.3, 0.4) is 0 Å². The molecule has 0 aliphatic heterocycles. The molecule has 4 rings (SSSR count). The Balaban J connectivity index is 1.72. The molecule has 2 aromatic rings. The molecule has 2 heteroatoms. The van der Waals surface area contributed by atoms with Crippen LogP contribution in [0, 0.1) is 5.92 Å². The van der Waals surface area contributed by atoms with Gasteiger partial charge in [0.2, 0.25) is 10.5 Å². The fourth-order valence-corrected chi connectivity index (χ4v) is 4.02. The van der Waals surface area contributed by atoms with Gasteiger partial charge in [-0.25, -0.2) is 0 Å². The van der Waals surface area contributed by atoms with Gasteiger partial charge >= 0.3 is 0 Å². The molecule has 0 heterocycles. The first-order valence-electron chi connectivity index (χ1n) is 7.71. The second-order valence-electron chi connectivity index (χ2n) is 6.00. The normalized spacial score (nSPS) is 22.6. The van der Waals surface area contributed by atoms with E-state index in [4.69, 9.17) is 4.43 Å². The topological polar surface area (TPSA) is 9.23 Å². The predicted molar refractivity (Wildman–Crippen MR) is 91.6 cm³/mol. The second-order valence-corrected chi connectivity index (χ2v) is 6.29. The van der Waals surface area contributed by atoms with Crippen LogP contribution in [0.15, 0.2) is 60.7 Å². The first-order valence-corrected chi connectivity index (χ1v) is 8.12. The molecule has 0 saturated carbocycles. The lowest BCUT2D eigenvalue weighted by atomic mass is 9.77. The molecule has 0 amide bonds. The lowest BCUT2D eigenvalue weighted by Crippen LogP contribution is -2.22. The van der Waals surface area contributed by atoms with E-state index in [-0.39, 0.29) is 0 Å². The zero-order chi connectivity index (χ0) is 14.9. The summed E-state index contributed by atoms with van der Waals surface area (Å²) in [5.74, 6) is 1.18. The minimum Gasteiger partial charge on any atom is -0.418 e. The summed E-state index contributed by atoms with van der Waals surface area (Å²) < 4.78 is 5.40. The van der Waals surface area contributed by atoms with Crippen LogP contribution in [0.5, 0.6) is 0 Å². The number of hydrogen-bond donors (Lipinski definition) is 0. The summed E-state index contributed by atoms with van der Waals surface area (Å²) in [6.45, 7) is 0.684. The van der Waals surface area contributed by atoms with Gasteiger partial charge < -0.3 is 4.43 Å². The van der Waals surface area contributed by atoms with E-state index in [0.717, 1.165) is 0 Å². The fraction of sp³-hybridized carbons (Fsp3) is 0.200. The molecule has 107 valence electrons. The fourth-order valence-electron chi connectivity index (χ4n) is 3.83. The first-order chi connectivity index (χ1) is 10.9. The molecule has 22 heavy (non-hydrogen) atoms. The lowest BCUT2D eigenvalue weighted by Gasteiger charge is -2.29. The Morgan fingerprint density at radius 2 is 1.32 bits per heavy atom. The largest absolute Gasteiger partial charge is 0.418 e. The molecule has 0 aromatic heterocycles. The van der Waals surface area contributed by atoms with Crippen LogP contribution in [0.2, 0.25) is 0 Å². The minimum absolute atomic E-state index is 0.386. The van der Waals surface area contributed by atoms with Crippen LogP contribution >= 0.6 is 0 Å². The molecule has 2 aromatic carbocycles. The molecule has 0 fully saturated rings. The van der Waals surface area contributed by atoms with Crippen LogP contribution in [0.4, 0.5) is 0 Å². The van der Waals surface area contributed by atoms with Crippen molar-refractivity contribution in [3.63, 3.8) is 0 Å². The molecular weight excluding hydrogens is 284 g/mol. The van der Waals surface area contributed by atoms with Crippen molar-refractivity contribution in [2.24, 2.45) is 5.92 Å². The van der Waals surface area contributed by atoms with Gasteiger partial charge in [0, 0.05) is 24.4 Å². The van der Waals surface area contributed by atoms with Gasteiger partial charge in [0.1, 0.15) is 0 Å². The number of hydrogen-bond acceptors (Lipinski definition) is 1. The first kappa shape index (κ1) is 13.7. The molecule has 3 radical (unpaired) electrons. The summed E-state index contributed by atoms with van der Waals surface area (Å²) in [6.07, 6.45) is 9.14. The third-order valence-corrected chi connectivity index (χ3v) is 5.04. The SMILES string of the molecule is [Si]OCC(C1C=Cc2ccccc21)C1C=Cc2ccccc21. The highest BCUT2D eigenvalue weighted by molar-refractivity contribution is 5.97. The number of rotatable bonds is 4. The Hall–Kier alpha value is -1.90. The van der Waals surface area contributed by atoms with E-state index in [1.54, 1.807) is 0 Å². The van der Waals surface area contributed by atoms with Gasteiger partial charge in [-0.2, -0.15) is 0 Å². The maximum absolute atomic E-state index is 5.40. The molecule has 0 spiro atoms. The Bertz CT molecular complexity index is 685. The van der Waals surface area contributed by atoms with Gasteiger partial charge in [-0.1, -0.05) is 72.8 Å². The summed E-state index contributed by atoms with van der Waals surface area (Å²) in [5.41, 5.74) is 5.49. The lowest BCUT2D eigenvalue weighted by molar-refractivity contribution is 0.242. The Labute approximate surface area is 134 Å². The third-order valence-electron chi connectivity index (χ3n) is 4.87. The Morgan fingerprint density at radius 3 is 1.82 bits per heavy atom. The van der Waals surface area contributed by atoms with Gasteiger partial charge in [0.05, 0.1) is 0 Å². The summed E-state index contributed by atoms with van der Waals surface area (Å²) in [5, 5.41) is 0. The molecule has 1 nitrogen and oxygen atoms in total. The quantitative estimate of drug-likeness (QED) is 0.764. The zero-order valence-corrected chi connectivity index (χ0v) is 13.3. The monoisotopic (exact) mass is 301 g/mol. The summed E-state index contributed by atoms with van der Waals surface area (Å²) in [7, 11) is 3.23. The number of allylic oxidation sites excluding steroid dienone is 2. The van der Waals surface area contributed by atoms with Crippen LogP contribution < -0.4 is 0 Å². The van der Waals surface area contributed by atoms with Gasteiger partial charge in [0.15, 0.2) is 0 Å². The van der Waals surface area contributed by atoms with Crippen molar-refractivity contribution in [1.82, 2.24) is 0 Å². The molecule has 0 N–H and O–H groups in total. The van der Waals surface area contributed by atoms with Crippen LogP contribution in [-0.2, 0) is 4.43 Å². The van der Waals surface area contributed by atoms with Gasteiger partial charge in [0.25, 0.3) is 0 Å². The highest BCUT2D eigenvalue weighted by Crippen LogP contribution is 2.45. The molecule has 2 atom stereocenters. The molecule has 0 bridgehead atoms. The van der Waals surface area contributed by atoms with E-state index in [9.17, 15) is 0 Å². The van der Waals surface area contributed by atoms with E-state index in [1.807, 2.05) is 0 Å². The smallest absolute Gasteiger partial charge is 0.246 e. The van der Waals surface area contributed by atoms with Crippen LogP contribution in [0.1, 0.15) is 34.1 Å². The van der Waals surface area contributed by atoms with Gasteiger partial charge in [-0.3, -0.25) is 0 Å².